The van der Waals surface area contributed by atoms with Crippen LogP contribution >= 0.6 is 45.2 Å². The average molecular weight is 405 g/mol. The van der Waals surface area contributed by atoms with Crippen LogP contribution in [-0.2, 0) is 11.2 Å². The van der Waals surface area contributed by atoms with E-state index in [2.05, 4.69) is 50.2 Å². The molecule has 1 rings (SSSR count). The average Bonchev–Trinajstić information content (AvgIpc) is 2.39. The van der Waals surface area contributed by atoms with Crippen molar-refractivity contribution in [2.24, 2.45) is 0 Å². The summed E-state index contributed by atoms with van der Waals surface area (Å²) in [5.74, 6) is -0.264. The number of carbonyl (C=O) groups is 1. The lowest BCUT2D eigenvalue weighted by Crippen LogP contribution is -2.04. The van der Waals surface area contributed by atoms with Gasteiger partial charge >= 0.3 is 5.97 Å². The molecule has 0 aliphatic rings. The molecule has 1 aromatic rings. The first kappa shape index (κ1) is 11.3. The Balaban J connectivity index is 3.24. The molecule has 13 heavy (non-hydrogen) atoms. The molecule has 0 atom stereocenters. The summed E-state index contributed by atoms with van der Waals surface area (Å²) in [6, 6.07) is 0. The van der Waals surface area contributed by atoms with Crippen LogP contribution in [0, 0.1) is 7.40 Å². The molecule has 0 fully saturated rings. The lowest BCUT2D eigenvalue weighted by atomic mass is 10.1. The van der Waals surface area contributed by atoms with Crippen LogP contribution in [0.5, 0.6) is 0 Å². The van der Waals surface area contributed by atoms with E-state index in [0.29, 0.717) is 5.56 Å². The van der Waals surface area contributed by atoms with E-state index < -0.39 is 0 Å². The molecule has 0 spiro atoms. The maximum Gasteiger partial charge on any atom is 0.340 e. The Hall–Kier alpha value is 0.210. The maximum atomic E-state index is 11.4. The quantitative estimate of drug-likeness (QED) is 0.608. The summed E-state index contributed by atoms with van der Waals surface area (Å²) >= 11 is 4.30. The van der Waals surface area contributed by atoms with E-state index >= 15 is 0 Å². The Labute approximate surface area is 104 Å². The molecule has 0 aliphatic heterocycles. The molecule has 1 N–H and O–H groups in total. The van der Waals surface area contributed by atoms with Crippen molar-refractivity contribution in [1.82, 2.24) is 4.98 Å². The first-order valence-corrected chi connectivity index (χ1v) is 5.91. The number of hydrogen-bond acceptors (Lipinski definition) is 2. The summed E-state index contributed by atoms with van der Waals surface area (Å²) in [5, 5.41) is 0. The van der Waals surface area contributed by atoms with E-state index in [0.717, 1.165) is 19.4 Å². The highest BCUT2D eigenvalue weighted by atomic mass is 127. The minimum absolute atomic E-state index is 0.264. The predicted octanol–water partition coefficient (Wildman–Crippen LogP) is 2.57. The Bertz CT molecular complexity index is 333. The standard InChI is InChI=1S/C8H9I2NO2/c1-3-4-5(8(12)13-2)7(10)11-6(4)9/h11H,3H2,1-2H3. The van der Waals surface area contributed by atoms with E-state index in [1.165, 1.54) is 7.11 Å². The first-order chi connectivity index (χ1) is 6.11. The van der Waals surface area contributed by atoms with Gasteiger partial charge in [0, 0.05) is 0 Å². The molecule has 3 nitrogen and oxygen atoms in total. The lowest BCUT2D eigenvalue weighted by Gasteiger charge is -1.99. The van der Waals surface area contributed by atoms with Crippen LogP contribution in [-0.4, -0.2) is 18.1 Å². The Morgan fingerprint density at radius 2 is 2.08 bits per heavy atom. The van der Waals surface area contributed by atoms with Crippen molar-refractivity contribution in [1.29, 1.82) is 0 Å². The zero-order chi connectivity index (χ0) is 10.0. The van der Waals surface area contributed by atoms with Crippen LogP contribution in [0.3, 0.4) is 0 Å². The van der Waals surface area contributed by atoms with E-state index in [1.54, 1.807) is 0 Å². The van der Waals surface area contributed by atoms with Crippen molar-refractivity contribution in [3.63, 3.8) is 0 Å². The first-order valence-electron chi connectivity index (χ1n) is 3.76. The predicted molar refractivity (Wildman–Crippen MR) is 66.9 cm³/mol. The normalized spacial score (nSPS) is 10.2. The SMILES string of the molecule is CCc1c(I)[nH]c(I)c1C(=O)OC. The van der Waals surface area contributed by atoms with Crippen LogP contribution in [0.15, 0.2) is 0 Å². The van der Waals surface area contributed by atoms with E-state index in [4.69, 9.17) is 4.74 Å². The van der Waals surface area contributed by atoms with Crippen molar-refractivity contribution in [2.75, 3.05) is 7.11 Å². The molecule has 0 aliphatic carbocycles. The van der Waals surface area contributed by atoms with Gasteiger partial charge in [-0.1, -0.05) is 6.92 Å². The Kier molecular flexibility index (Phi) is 4.02. The number of H-pyrrole nitrogens is 1. The summed E-state index contributed by atoms with van der Waals surface area (Å²) in [6.45, 7) is 2.02. The molecule has 1 aromatic heterocycles. The maximum absolute atomic E-state index is 11.4. The molecule has 0 amide bonds. The highest BCUT2D eigenvalue weighted by Crippen LogP contribution is 2.23. The van der Waals surface area contributed by atoms with Crippen molar-refractivity contribution < 1.29 is 9.53 Å². The number of rotatable bonds is 2. The number of esters is 1. The molecular weight excluding hydrogens is 396 g/mol. The number of halogens is 2. The molecule has 0 radical (unpaired) electrons. The number of carbonyl (C=O) groups excluding carboxylic acids is 1. The number of hydrogen-bond donors (Lipinski definition) is 1. The van der Waals surface area contributed by atoms with Gasteiger partial charge in [0.1, 0.15) is 0 Å². The van der Waals surface area contributed by atoms with Gasteiger partial charge in [0.05, 0.1) is 20.1 Å². The molecule has 72 valence electrons. The summed E-state index contributed by atoms with van der Waals surface area (Å²) in [6.07, 6.45) is 0.836. The van der Waals surface area contributed by atoms with Gasteiger partial charge in [-0.2, -0.15) is 0 Å². The van der Waals surface area contributed by atoms with E-state index in [-0.39, 0.29) is 5.97 Å². The van der Waals surface area contributed by atoms with Crippen LogP contribution in [0.4, 0.5) is 0 Å². The summed E-state index contributed by atoms with van der Waals surface area (Å²) in [4.78, 5) is 14.5. The van der Waals surface area contributed by atoms with E-state index in [1.807, 2.05) is 6.92 Å². The van der Waals surface area contributed by atoms with Crippen molar-refractivity contribution in [3.8, 4) is 0 Å². The van der Waals surface area contributed by atoms with Gasteiger partial charge in [-0.15, -0.1) is 0 Å². The lowest BCUT2D eigenvalue weighted by molar-refractivity contribution is 0.0598. The number of methoxy groups -OCH3 is 1. The van der Waals surface area contributed by atoms with Gasteiger partial charge in [-0.05, 0) is 57.2 Å². The van der Waals surface area contributed by atoms with Gasteiger partial charge in [-0.3, -0.25) is 0 Å². The van der Waals surface area contributed by atoms with Crippen molar-refractivity contribution in [3.05, 3.63) is 18.5 Å². The van der Waals surface area contributed by atoms with Crippen LogP contribution in [0.2, 0.25) is 0 Å². The minimum Gasteiger partial charge on any atom is -0.465 e. The molecule has 0 saturated carbocycles. The number of aromatic nitrogens is 1. The molecule has 0 unspecified atom stereocenters. The highest BCUT2D eigenvalue weighted by molar-refractivity contribution is 14.1. The number of aromatic amines is 1. The van der Waals surface area contributed by atoms with Crippen molar-refractivity contribution in [2.45, 2.75) is 13.3 Å². The molecular formula is C8H9I2NO2. The minimum atomic E-state index is -0.264. The molecule has 1 heterocycles. The zero-order valence-corrected chi connectivity index (χ0v) is 11.6. The fourth-order valence-corrected chi connectivity index (χ4v) is 3.38. The number of nitrogens with one attached hydrogen (secondary N) is 1. The third-order valence-electron chi connectivity index (χ3n) is 1.75. The van der Waals surface area contributed by atoms with Gasteiger partial charge in [0.15, 0.2) is 0 Å². The van der Waals surface area contributed by atoms with Gasteiger partial charge in [0.25, 0.3) is 0 Å². The van der Waals surface area contributed by atoms with Crippen LogP contribution in [0.25, 0.3) is 0 Å². The van der Waals surface area contributed by atoms with Gasteiger partial charge in [-0.25, -0.2) is 4.79 Å². The molecule has 0 bridgehead atoms. The second-order valence-corrected chi connectivity index (χ2v) is 4.61. The Morgan fingerprint density at radius 3 is 2.54 bits per heavy atom. The monoisotopic (exact) mass is 405 g/mol. The fourth-order valence-electron chi connectivity index (χ4n) is 1.12. The van der Waals surface area contributed by atoms with Crippen LogP contribution < -0.4 is 0 Å². The smallest absolute Gasteiger partial charge is 0.340 e. The van der Waals surface area contributed by atoms with Gasteiger partial charge in [0.2, 0.25) is 0 Å². The van der Waals surface area contributed by atoms with Crippen LogP contribution in [0.1, 0.15) is 22.8 Å². The van der Waals surface area contributed by atoms with Crippen molar-refractivity contribution >= 4 is 51.2 Å². The zero-order valence-electron chi connectivity index (χ0n) is 7.28. The summed E-state index contributed by atoms with van der Waals surface area (Å²) in [5.41, 5.74) is 1.71. The summed E-state index contributed by atoms with van der Waals surface area (Å²) < 4.78 is 6.58. The molecule has 5 heteroatoms. The second kappa shape index (κ2) is 4.63. The second-order valence-electron chi connectivity index (χ2n) is 2.45. The third-order valence-corrected chi connectivity index (χ3v) is 3.48. The third kappa shape index (κ3) is 2.17. The topological polar surface area (TPSA) is 42.1 Å². The number of ether oxygens (including phenoxy) is 1. The van der Waals surface area contributed by atoms with Gasteiger partial charge < -0.3 is 9.72 Å². The fraction of sp³-hybridized carbons (Fsp3) is 0.375. The molecule has 0 aromatic carbocycles. The largest absolute Gasteiger partial charge is 0.465 e. The highest BCUT2D eigenvalue weighted by Gasteiger charge is 2.19. The molecule has 0 saturated heterocycles. The Morgan fingerprint density at radius 1 is 1.46 bits per heavy atom. The summed E-state index contributed by atoms with van der Waals surface area (Å²) in [7, 11) is 1.40. The van der Waals surface area contributed by atoms with E-state index in [9.17, 15) is 4.79 Å².